The zero-order valence-electron chi connectivity index (χ0n) is 17.5. The highest BCUT2D eigenvalue weighted by Crippen LogP contribution is 2.13. The average Bonchev–Trinajstić information content (AvgIpc) is 2.61. The number of aliphatic carboxylic acids is 1. The fraction of sp³-hybridized carbons (Fsp3) is 0.571. The molecule has 8 heteroatoms. The Morgan fingerprint density at radius 2 is 1.41 bits per heavy atom. The summed E-state index contributed by atoms with van der Waals surface area (Å²) in [5.74, 6) is -1.81. The van der Waals surface area contributed by atoms with Crippen LogP contribution in [0.1, 0.15) is 46.1 Å². The van der Waals surface area contributed by atoms with Crippen molar-refractivity contribution >= 4 is 17.8 Å². The number of hydrogen-bond acceptors (Lipinski definition) is 5. The van der Waals surface area contributed by atoms with Gasteiger partial charge in [-0.15, -0.1) is 0 Å². The lowest BCUT2D eigenvalue weighted by Gasteiger charge is -2.24. The van der Waals surface area contributed by atoms with Crippen molar-refractivity contribution in [1.82, 2.24) is 10.6 Å². The fourth-order valence-electron chi connectivity index (χ4n) is 2.94. The van der Waals surface area contributed by atoms with Gasteiger partial charge in [-0.05, 0) is 42.4 Å². The molecule has 0 aliphatic heterocycles. The highest BCUT2D eigenvalue weighted by atomic mass is 16.4. The Labute approximate surface area is 171 Å². The van der Waals surface area contributed by atoms with Crippen molar-refractivity contribution in [3.05, 3.63) is 29.8 Å². The number of carbonyl (C=O) groups excluding carboxylic acids is 2. The Bertz CT molecular complexity index is 688. The molecule has 1 aromatic carbocycles. The molecule has 1 rings (SSSR count). The number of hydrogen-bond donors (Lipinski definition) is 5. The molecule has 162 valence electrons. The maximum atomic E-state index is 12.8. The minimum absolute atomic E-state index is 0.0704. The van der Waals surface area contributed by atoms with Crippen LogP contribution in [0, 0.1) is 11.8 Å². The van der Waals surface area contributed by atoms with Crippen LogP contribution in [-0.4, -0.2) is 46.1 Å². The number of phenols is 1. The van der Waals surface area contributed by atoms with Gasteiger partial charge >= 0.3 is 5.97 Å². The maximum absolute atomic E-state index is 12.8. The predicted molar refractivity (Wildman–Crippen MR) is 110 cm³/mol. The van der Waals surface area contributed by atoms with Crippen LogP contribution in [0.4, 0.5) is 0 Å². The van der Waals surface area contributed by atoms with Crippen molar-refractivity contribution < 1.29 is 24.6 Å². The van der Waals surface area contributed by atoms with Crippen LogP contribution in [0.3, 0.4) is 0 Å². The number of carboxylic acid groups (broad SMARTS) is 1. The Kier molecular flexibility index (Phi) is 9.61. The lowest BCUT2D eigenvalue weighted by atomic mass is 10.0. The quantitative estimate of drug-likeness (QED) is 0.375. The first-order chi connectivity index (χ1) is 13.5. The molecule has 0 aliphatic carbocycles. The summed E-state index contributed by atoms with van der Waals surface area (Å²) >= 11 is 0. The molecular weight excluding hydrogens is 374 g/mol. The van der Waals surface area contributed by atoms with E-state index in [9.17, 15) is 24.6 Å². The van der Waals surface area contributed by atoms with E-state index in [2.05, 4.69) is 10.6 Å². The molecular formula is C21H33N3O5. The van der Waals surface area contributed by atoms with E-state index in [0.717, 1.165) is 0 Å². The largest absolute Gasteiger partial charge is 0.508 e. The molecule has 3 atom stereocenters. The second-order valence-corrected chi connectivity index (χ2v) is 8.20. The molecule has 3 unspecified atom stereocenters. The first-order valence-electron chi connectivity index (χ1n) is 9.86. The lowest BCUT2D eigenvalue weighted by molar-refractivity contribution is -0.142. The smallest absolute Gasteiger partial charge is 0.326 e. The van der Waals surface area contributed by atoms with E-state index in [1.165, 1.54) is 12.1 Å². The molecule has 6 N–H and O–H groups in total. The molecule has 0 spiro atoms. The van der Waals surface area contributed by atoms with Crippen LogP contribution in [0.5, 0.6) is 5.75 Å². The molecule has 2 amide bonds. The van der Waals surface area contributed by atoms with Crippen LogP contribution in [-0.2, 0) is 20.8 Å². The van der Waals surface area contributed by atoms with Crippen molar-refractivity contribution in [3.63, 3.8) is 0 Å². The number of carboxylic acids is 1. The van der Waals surface area contributed by atoms with Crippen molar-refractivity contribution in [2.45, 2.75) is 65.1 Å². The van der Waals surface area contributed by atoms with Crippen LogP contribution in [0.25, 0.3) is 0 Å². The minimum atomic E-state index is -1.13. The van der Waals surface area contributed by atoms with Gasteiger partial charge in [0.15, 0.2) is 0 Å². The molecule has 8 nitrogen and oxygen atoms in total. The van der Waals surface area contributed by atoms with Gasteiger partial charge in [-0.2, -0.15) is 0 Å². The summed E-state index contributed by atoms with van der Waals surface area (Å²) in [5, 5.41) is 24.0. The Morgan fingerprint density at radius 3 is 1.90 bits per heavy atom. The van der Waals surface area contributed by atoms with Crippen molar-refractivity contribution in [1.29, 1.82) is 0 Å². The number of phenolic OH excluding ortho intramolecular Hbond substituents is 1. The third-order valence-corrected chi connectivity index (χ3v) is 4.39. The average molecular weight is 408 g/mol. The molecule has 0 saturated heterocycles. The second-order valence-electron chi connectivity index (χ2n) is 8.20. The number of amides is 2. The van der Waals surface area contributed by atoms with E-state index in [-0.39, 0.29) is 30.4 Å². The number of benzene rings is 1. The zero-order valence-corrected chi connectivity index (χ0v) is 17.5. The van der Waals surface area contributed by atoms with Crippen LogP contribution < -0.4 is 16.4 Å². The van der Waals surface area contributed by atoms with Crippen LogP contribution in [0.2, 0.25) is 0 Å². The first-order valence-corrected chi connectivity index (χ1v) is 9.86. The summed E-state index contributed by atoms with van der Waals surface area (Å²) in [7, 11) is 0. The lowest BCUT2D eigenvalue weighted by Crippen LogP contribution is -2.55. The highest BCUT2D eigenvalue weighted by molar-refractivity contribution is 5.92. The Balaban J connectivity index is 2.98. The molecule has 0 aromatic heterocycles. The summed E-state index contributed by atoms with van der Waals surface area (Å²) in [4.78, 5) is 36.8. The van der Waals surface area contributed by atoms with Gasteiger partial charge in [-0.1, -0.05) is 39.8 Å². The standard InChI is InChI=1S/C21H33N3O5/c1-12(2)9-16(22)19(26)23-17(11-14-5-7-15(25)8-6-14)20(27)24-18(21(28)29)10-13(3)4/h5-8,12-13,16-18,25H,9-11,22H2,1-4H3,(H,23,26)(H,24,27)(H,28,29). The first kappa shape index (κ1) is 24.4. The molecule has 1 aromatic rings. The third-order valence-electron chi connectivity index (χ3n) is 4.39. The van der Waals surface area contributed by atoms with Gasteiger partial charge < -0.3 is 26.6 Å². The number of aromatic hydroxyl groups is 1. The Morgan fingerprint density at radius 1 is 0.897 bits per heavy atom. The molecule has 0 bridgehead atoms. The summed E-state index contributed by atoms with van der Waals surface area (Å²) in [6, 6.07) is 3.43. The molecule has 29 heavy (non-hydrogen) atoms. The monoisotopic (exact) mass is 407 g/mol. The maximum Gasteiger partial charge on any atom is 0.326 e. The summed E-state index contributed by atoms with van der Waals surface area (Å²) in [6.45, 7) is 7.61. The predicted octanol–water partition coefficient (Wildman–Crippen LogP) is 1.41. The van der Waals surface area contributed by atoms with Gasteiger partial charge in [-0.3, -0.25) is 9.59 Å². The Hall–Kier alpha value is -2.61. The van der Waals surface area contributed by atoms with Gasteiger partial charge in [0.05, 0.1) is 6.04 Å². The van der Waals surface area contributed by atoms with Crippen LogP contribution >= 0.6 is 0 Å². The summed E-state index contributed by atoms with van der Waals surface area (Å²) in [6.07, 6.45) is 0.874. The van der Waals surface area contributed by atoms with Gasteiger partial charge in [0, 0.05) is 6.42 Å². The number of nitrogens with two attached hydrogens (primary N) is 1. The molecule has 0 saturated carbocycles. The summed E-state index contributed by atoms with van der Waals surface area (Å²) in [5.41, 5.74) is 6.63. The molecule has 0 heterocycles. The second kappa shape index (κ2) is 11.4. The number of carbonyl (C=O) groups is 3. The van der Waals surface area contributed by atoms with E-state index < -0.39 is 35.9 Å². The zero-order chi connectivity index (χ0) is 22.1. The normalized spacial score (nSPS) is 14.3. The van der Waals surface area contributed by atoms with Crippen LogP contribution in [0.15, 0.2) is 24.3 Å². The molecule has 0 radical (unpaired) electrons. The van der Waals surface area contributed by atoms with Crippen molar-refractivity contribution in [3.8, 4) is 5.75 Å². The minimum Gasteiger partial charge on any atom is -0.508 e. The highest BCUT2D eigenvalue weighted by Gasteiger charge is 2.28. The van der Waals surface area contributed by atoms with E-state index in [0.29, 0.717) is 12.0 Å². The SMILES string of the molecule is CC(C)CC(N)C(=O)NC(Cc1ccc(O)cc1)C(=O)NC(CC(C)C)C(=O)O. The summed E-state index contributed by atoms with van der Waals surface area (Å²) < 4.78 is 0. The van der Waals surface area contributed by atoms with E-state index in [1.54, 1.807) is 12.1 Å². The van der Waals surface area contributed by atoms with E-state index in [1.807, 2.05) is 27.7 Å². The van der Waals surface area contributed by atoms with Crippen molar-refractivity contribution in [2.75, 3.05) is 0 Å². The van der Waals surface area contributed by atoms with Gasteiger partial charge in [0.25, 0.3) is 0 Å². The third kappa shape index (κ3) is 8.95. The van der Waals surface area contributed by atoms with Gasteiger partial charge in [0.1, 0.15) is 17.8 Å². The van der Waals surface area contributed by atoms with Crippen molar-refractivity contribution in [2.24, 2.45) is 17.6 Å². The number of nitrogens with one attached hydrogen (secondary N) is 2. The molecule has 0 aliphatic rings. The number of rotatable bonds is 11. The topological polar surface area (TPSA) is 142 Å². The molecule has 0 fully saturated rings. The van der Waals surface area contributed by atoms with E-state index >= 15 is 0 Å². The van der Waals surface area contributed by atoms with Gasteiger partial charge in [-0.25, -0.2) is 4.79 Å². The van der Waals surface area contributed by atoms with E-state index in [4.69, 9.17) is 5.73 Å². The fourth-order valence-corrected chi connectivity index (χ4v) is 2.94. The van der Waals surface area contributed by atoms with Gasteiger partial charge in [0.2, 0.25) is 11.8 Å².